The van der Waals surface area contributed by atoms with E-state index in [1.807, 2.05) is 27.7 Å². The molecule has 1 fully saturated rings. The number of hydroxylamine groups is 2. The van der Waals surface area contributed by atoms with Gasteiger partial charge in [-0.3, -0.25) is 0 Å². The first-order chi connectivity index (χ1) is 6.97. The summed E-state index contributed by atoms with van der Waals surface area (Å²) in [5, 5.41) is 13.2. The van der Waals surface area contributed by atoms with Gasteiger partial charge < -0.3 is 0 Å². The summed E-state index contributed by atoms with van der Waals surface area (Å²) in [6.45, 7) is 7.60. The summed E-state index contributed by atoms with van der Waals surface area (Å²) in [5.41, 5.74) is -0.882. The van der Waals surface area contributed by atoms with Gasteiger partial charge in [-0.05, 0) is 50.8 Å². The highest BCUT2D eigenvalue weighted by Gasteiger charge is 2.52. The van der Waals surface area contributed by atoms with E-state index < -0.39 is 19.9 Å². The predicted octanol–water partition coefficient (Wildman–Crippen LogP) is 1.90. The first kappa shape index (κ1) is 14.3. The van der Waals surface area contributed by atoms with Gasteiger partial charge in [-0.2, -0.15) is 0 Å². The van der Waals surface area contributed by atoms with E-state index in [-0.39, 0.29) is 5.92 Å². The minimum atomic E-state index is -3.02. The van der Waals surface area contributed by atoms with Crippen LogP contribution in [0.5, 0.6) is 0 Å². The lowest BCUT2D eigenvalue weighted by Gasteiger charge is -2.33. The summed E-state index contributed by atoms with van der Waals surface area (Å²) < 4.78 is 22.2. The zero-order valence-corrected chi connectivity index (χ0v) is 12.1. The highest BCUT2D eigenvalue weighted by atomic mass is 33.1. The van der Waals surface area contributed by atoms with Crippen LogP contribution in [-0.4, -0.2) is 36.6 Å². The van der Waals surface area contributed by atoms with Crippen molar-refractivity contribution in [3.05, 3.63) is 0 Å². The molecule has 6 heteroatoms. The third-order valence-electron chi connectivity index (χ3n) is 3.30. The Kier molecular flexibility index (Phi) is 3.71. The largest absolute Gasteiger partial charge is 0.218 e. The molecule has 1 atom stereocenters. The fourth-order valence-corrected chi connectivity index (χ4v) is 4.52. The Hall–Kier alpha value is 0.220. The predicted molar refractivity (Wildman–Crippen MR) is 66.1 cm³/mol. The third-order valence-corrected chi connectivity index (χ3v) is 5.96. The van der Waals surface area contributed by atoms with Crippen LogP contribution >= 0.6 is 10.8 Å². The van der Waals surface area contributed by atoms with Gasteiger partial charge in [0, 0.05) is 23.1 Å². The second-order valence-electron chi connectivity index (χ2n) is 5.65. The lowest BCUT2D eigenvalue weighted by Crippen LogP contribution is -2.46. The van der Waals surface area contributed by atoms with Crippen molar-refractivity contribution in [1.29, 1.82) is 0 Å². The van der Waals surface area contributed by atoms with Gasteiger partial charge in [-0.1, -0.05) is 0 Å². The molecular formula is C10H20NO3S2. The Labute approximate surface area is 102 Å². The van der Waals surface area contributed by atoms with E-state index >= 15 is 0 Å². The Morgan fingerprint density at radius 2 is 1.81 bits per heavy atom. The Balaban J connectivity index is 2.77. The molecule has 1 aliphatic heterocycles. The average molecular weight is 266 g/mol. The number of hydrogen-bond donors (Lipinski definition) is 0. The summed E-state index contributed by atoms with van der Waals surface area (Å²) in [4.78, 5) is 0. The fourth-order valence-electron chi connectivity index (χ4n) is 2.35. The van der Waals surface area contributed by atoms with E-state index in [0.29, 0.717) is 5.75 Å². The smallest absolute Gasteiger partial charge is 0.198 e. The number of hydrogen-bond acceptors (Lipinski definition) is 4. The molecule has 1 saturated heterocycles. The van der Waals surface area contributed by atoms with Crippen LogP contribution in [0.25, 0.3) is 0 Å². The zero-order valence-electron chi connectivity index (χ0n) is 10.5. The number of rotatable bonds is 3. The number of nitrogens with zero attached hydrogens (tertiary/aromatic N) is 1. The van der Waals surface area contributed by atoms with Crippen molar-refractivity contribution in [2.24, 2.45) is 5.92 Å². The van der Waals surface area contributed by atoms with Crippen molar-refractivity contribution >= 4 is 19.7 Å². The Morgan fingerprint density at radius 1 is 1.31 bits per heavy atom. The molecule has 0 unspecified atom stereocenters. The molecule has 1 rings (SSSR count). The lowest BCUT2D eigenvalue weighted by molar-refractivity contribution is -0.247. The molecule has 0 N–H and O–H groups in total. The van der Waals surface area contributed by atoms with Crippen molar-refractivity contribution < 1.29 is 13.6 Å². The molecule has 0 spiro atoms. The molecule has 0 aromatic rings. The zero-order chi connectivity index (χ0) is 12.8. The molecular weight excluding hydrogens is 246 g/mol. The molecule has 0 saturated carbocycles. The molecule has 16 heavy (non-hydrogen) atoms. The first-order valence-corrected chi connectivity index (χ1v) is 8.68. The molecule has 1 radical (unpaired) electrons. The summed E-state index contributed by atoms with van der Waals surface area (Å²) in [7, 11) is -2.08. The monoisotopic (exact) mass is 266 g/mol. The van der Waals surface area contributed by atoms with Gasteiger partial charge in [0.1, 0.15) is 0 Å². The minimum Gasteiger partial charge on any atom is -0.218 e. The van der Waals surface area contributed by atoms with E-state index in [1.165, 1.54) is 6.26 Å². The third kappa shape index (κ3) is 2.91. The summed E-state index contributed by atoms with van der Waals surface area (Å²) in [5.74, 6) is 0.605. The SMILES string of the molecule is CC1(C)C[C@@H](CSS(C)(=O)=O)C(C)(C)N1[O]. The standard InChI is InChI=1S/C10H20NO3S2/c1-9(2)6-8(7-15-16(5,13)14)10(3,4)11(9)12/h8H,6-7H2,1-5H3/t8-/m0/s1. The molecule has 0 aromatic carbocycles. The van der Waals surface area contributed by atoms with E-state index in [4.69, 9.17) is 0 Å². The van der Waals surface area contributed by atoms with Crippen molar-refractivity contribution in [3.63, 3.8) is 0 Å². The molecule has 95 valence electrons. The van der Waals surface area contributed by atoms with Gasteiger partial charge >= 0.3 is 0 Å². The highest BCUT2D eigenvalue weighted by molar-refractivity contribution is 8.71. The van der Waals surface area contributed by atoms with E-state index in [0.717, 1.165) is 22.3 Å². The van der Waals surface area contributed by atoms with Crippen LogP contribution in [-0.2, 0) is 14.1 Å². The maximum absolute atomic E-state index is 12.0. The molecule has 0 bridgehead atoms. The van der Waals surface area contributed by atoms with Crippen LogP contribution in [0, 0.1) is 5.92 Å². The second kappa shape index (κ2) is 4.15. The summed E-state index contributed by atoms with van der Waals surface area (Å²) >= 11 is 0. The van der Waals surface area contributed by atoms with Crippen LogP contribution in [0.2, 0.25) is 0 Å². The van der Waals surface area contributed by atoms with Crippen LogP contribution in [0.1, 0.15) is 34.1 Å². The Bertz CT molecular complexity index is 362. The topological polar surface area (TPSA) is 57.3 Å². The normalized spacial score (nSPS) is 29.5. The molecule has 1 heterocycles. The van der Waals surface area contributed by atoms with Crippen molar-refractivity contribution in [1.82, 2.24) is 5.06 Å². The van der Waals surface area contributed by atoms with Crippen LogP contribution in [0.3, 0.4) is 0 Å². The quantitative estimate of drug-likeness (QED) is 0.732. The maximum Gasteiger partial charge on any atom is 0.198 e. The van der Waals surface area contributed by atoms with E-state index in [1.54, 1.807) is 0 Å². The van der Waals surface area contributed by atoms with Crippen LogP contribution in [0.15, 0.2) is 0 Å². The van der Waals surface area contributed by atoms with Gasteiger partial charge in [-0.15, -0.1) is 10.3 Å². The summed E-state index contributed by atoms with van der Waals surface area (Å²) in [6.07, 6.45) is 1.95. The van der Waals surface area contributed by atoms with Crippen molar-refractivity contribution in [2.45, 2.75) is 45.2 Å². The average Bonchev–Trinajstić information content (AvgIpc) is 2.22. The fraction of sp³-hybridized carbons (Fsp3) is 1.00. The molecule has 0 aliphatic carbocycles. The highest BCUT2D eigenvalue weighted by Crippen LogP contribution is 2.45. The molecule has 0 aromatic heterocycles. The van der Waals surface area contributed by atoms with Gasteiger partial charge in [0.05, 0.1) is 0 Å². The molecule has 0 amide bonds. The lowest BCUT2D eigenvalue weighted by atomic mass is 9.89. The minimum absolute atomic E-state index is 0.111. The van der Waals surface area contributed by atoms with Gasteiger partial charge in [0.15, 0.2) is 8.87 Å². The Morgan fingerprint density at radius 3 is 2.12 bits per heavy atom. The second-order valence-corrected chi connectivity index (χ2v) is 10.2. The van der Waals surface area contributed by atoms with Gasteiger partial charge in [0.2, 0.25) is 0 Å². The van der Waals surface area contributed by atoms with Crippen molar-refractivity contribution in [3.8, 4) is 0 Å². The maximum atomic E-state index is 12.0. The summed E-state index contributed by atoms with van der Waals surface area (Å²) in [6, 6.07) is 0. The molecule has 4 nitrogen and oxygen atoms in total. The first-order valence-electron chi connectivity index (χ1n) is 5.29. The van der Waals surface area contributed by atoms with Crippen molar-refractivity contribution in [2.75, 3.05) is 12.0 Å². The van der Waals surface area contributed by atoms with Crippen LogP contribution in [0.4, 0.5) is 0 Å². The molecule has 1 aliphatic rings. The van der Waals surface area contributed by atoms with E-state index in [2.05, 4.69) is 0 Å². The van der Waals surface area contributed by atoms with Gasteiger partial charge in [-0.25, -0.2) is 8.42 Å². The van der Waals surface area contributed by atoms with Crippen LogP contribution < -0.4 is 0 Å². The van der Waals surface area contributed by atoms with E-state index in [9.17, 15) is 13.6 Å². The van der Waals surface area contributed by atoms with Gasteiger partial charge in [0.25, 0.3) is 0 Å².